The molecule has 4 heterocycles. The number of nitrogens with one attached hydrogen (secondary N) is 5. The van der Waals surface area contributed by atoms with Gasteiger partial charge in [0.15, 0.2) is 5.82 Å². The van der Waals surface area contributed by atoms with Crippen LogP contribution in [0, 0.1) is 17.0 Å². The summed E-state index contributed by atoms with van der Waals surface area (Å²) in [5, 5.41) is 12.6. The number of carbonyl (C=O) groups excluding carboxylic acids is 4. The summed E-state index contributed by atoms with van der Waals surface area (Å²) in [7, 11) is 3.39. The molecule has 58 heavy (non-hydrogen) atoms. The summed E-state index contributed by atoms with van der Waals surface area (Å²) in [5.74, 6) is -1.18. The largest absolute Gasteiger partial charge is 0.352 e. The molecular weight excluding hydrogens is 745 g/mol. The van der Waals surface area contributed by atoms with Gasteiger partial charge < -0.3 is 40.6 Å². The number of nitrogens with zero attached hydrogens (tertiary/aromatic N) is 4. The van der Waals surface area contributed by atoms with Gasteiger partial charge in [0.2, 0.25) is 23.6 Å². The van der Waals surface area contributed by atoms with Crippen LogP contribution in [0.3, 0.4) is 0 Å². The van der Waals surface area contributed by atoms with Crippen LogP contribution in [0.4, 0.5) is 8.78 Å². The van der Waals surface area contributed by atoms with Gasteiger partial charge in [0.05, 0.1) is 28.8 Å². The number of carbonyl (C=O) groups is 4. The number of amides is 4. The summed E-state index contributed by atoms with van der Waals surface area (Å²) in [5.41, 5.74) is 2.54. The Bertz CT molecular complexity index is 2160. The van der Waals surface area contributed by atoms with E-state index in [1.807, 2.05) is 42.1 Å². The number of aromatic amines is 1. The zero-order valence-electron chi connectivity index (χ0n) is 35.0. The zero-order valence-corrected chi connectivity index (χ0v) is 35.0. The molecule has 4 amide bonds. The predicted octanol–water partition coefficient (Wildman–Crippen LogP) is 4.63. The Morgan fingerprint density at radius 2 is 1.47 bits per heavy atom. The lowest BCUT2D eigenvalue weighted by molar-refractivity contribution is -0.140. The molecule has 15 heteroatoms. The maximum atomic E-state index is 14.8. The number of likely N-dealkylation sites (tertiary alicyclic amines) is 2. The maximum absolute atomic E-state index is 14.8. The predicted molar refractivity (Wildman–Crippen MR) is 221 cm³/mol. The molecule has 6 atom stereocenters. The first kappa shape index (κ1) is 42.7. The van der Waals surface area contributed by atoms with E-state index < -0.39 is 41.2 Å². The van der Waals surface area contributed by atoms with Crippen LogP contribution in [-0.4, -0.2) is 111 Å². The van der Waals surface area contributed by atoms with E-state index in [0.717, 1.165) is 30.2 Å². The number of hydrogen-bond donors (Lipinski definition) is 5. The molecule has 2 aromatic heterocycles. The maximum Gasteiger partial charge on any atom is 0.246 e. The fourth-order valence-corrected chi connectivity index (χ4v) is 8.39. The van der Waals surface area contributed by atoms with Crippen LogP contribution >= 0.6 is 0 Å². The standard InChI is InChI=1S/C43H59F2N9O4/c1-9-32(50-39(55)24(2)46-7)41(57)52-18-10-12-28(52)22-31-30-16-14-26(44)20-33(30)48-36(31)38-49-34-21-27(45)15-17-35(34)54(38)23-29-13-11-19-53(29)42(58)37(43(4,5)6)51-40(56)25(3)47-8/h14-17,20-21,24-25,28-29,32,37,46-48H,9-13,18-19,22-23H2,1-8H3,(H,50,55)(H,51,56). The molecule has 2 aliphatic heterocycles. The van der Waals surface area contributed by atoms with Crippen molar-refractivity contribution in [2.24, 2.45) is 5.41 Å². The van der Waals surface area contributed by atoms with Crippen LogP contribution in [0.2, 0.25) is 0 Å². The van der Waals surface area contributed by atoms with Gasteiger partial charge >= 0.3 is 0 Å². The molecule has 5 N–H and O–H groups in total. The van der Waals surface area contributed by atoms with Crippen molar-refractivity contribution in [1.82, 2.24) is 45.6 Å². The molecule has 2 aliphatic rings. The molecule has 0 radical (unpaired) electrons. The number of aromatic nitrogens is 3. The first-order valence-corrected chi connectivity index (χ1v) is 20.6. The third-order valence-corrected chi connectivity index (χ3v) is 12.0. The van der Waals surface area contributed by atoms with Crippen LogP contribution in [0.15, 0.2) is 36.4 Å². The summed E-state index contributed by atoms with van der Waals surface area (Å²) in [6.45, 7) is 12.6. The van der Waals surface area contributed by atoms with Crippen LogP contribution < -0.4 is 21.3 Å². The Morgan fingerprint density at radius 3 is 2.10 bits per heavy atom. The van der Waals surface area contributed by atoms with Gasteiger partial charge in [-0.2, -0.15) is 0 Å². The monoisotopic (exact) mass is 803 g/mol. The van der Waals surface area contributed by atoms with Crippen LogP contribution in [-0.2, 0) is 32.1 Å². The lowest BCUT2D eigenvalue weighted by atomic mass is 9.85. The Hall–Kier alpha value is -4.89. The van der Waals surface area contributed by atoms with E-state index >= 15 is 0 Å². The summed E-state index contributed by atoms with van der Waals surface area (Å²) in [4.78, 5) is 66.5. The van der Waals surface area contributed by atoms with Gasteiger partial charge in [0, 0.05) is 48.7 Å². The molecule has 13 nitrogen and oxygen atoms in total. The molecule has 2 aromatic carbocycles. The van der Waals surface area contributed by atoms with Crippen LogP contribution in [0.25, 0.3) is 33.5 Å². The number of hydrogen-bond acceptors (Lipinski definition) is 7. The topological polar surface area (TPSA) is 156 Å². The van der Waals surface area contributed by atoms with Crippen molar-refractivity contribution in [3.05, 3.63) is 53.6 Å². The van der Waals surface area contributed by atoms with E-state index in [0.29, 0.717) is 67.0 Å². The highest BCUT2D eigenvalue weighted by atomic mass is 19.1. The zero-order chi connectivity index (χ0) is 42.1. The van der Waals surface area contributed by atoms with Crippen LogP contribution in [0.1, 0.15) is 79.2 Å². The van der Waals surface area contributed by atoms with E-state index in [9.17, 15) is 28.0 Å². The molecule has 0 saturated carbocycles. The van der Waals surface area contributed by atoms with E-state index in [1.165, 1.54) is 24.3 Å². The average Bonchev–Trinajstić information content (AvgIpc) is 4.00. The number of rotatable bonds is 14. The minimum atomic E-state index is -0.774. The Morgan fingerprint density at radius 1 is 0.862 bits per heavy atom. The normalized spacial score (nSPS) is 19.4. The molecular formula is C43H59F2N9O4. The fourth-order valence-electron chi connectivity index (χ4n) is 8.39. The molecule has 2 fully saturated rings. The fraction of sp³-hybridized carbons (Fsp3) is 0.558. The third kappa shape index (κ3) is 8.75. The second kappa shape index (κ2) is 17.5. The highest BCUT2D eigenvalue weighted by Crippen LogP contribution is 2.37. The van der Waals surface area contributed by atoms with E-state index in [-0.39, 0.29) is 35.7 Å². The van der Waals surface area contributed by atoms with Gasteiger partial charge in [0.1, 0.15) is 23.7 Å². The van der Waals surface area contributed by atoms with Crippen molar-refractivity contribution in [2.45, 2.75) is 123 Å². The Kier molecular flexibility index (Phi) is 12.9. The molecule has 6 rings (SSSR count). The molecule has 0 spiro atoms. The van der Waals surface area contributed by atoms with Crippen molar-refractivity contribution in [3.8, 4) is 11.5 Å². The number of halogens is 2. The smallest absolute Gasteiger partial charge is 0.246 e. The Balaban J connectivity index is 1.38. The number of benzene rings is 2. The molecule has 6 unspecified atom stereocenters. The molecule has 2 saturated heterocycles. The average molecular weight is 804 g/mol. The van der Waals surface area contributed by atoms with Crippen LogP contribution in [0.5, 0.6) is 0 Å². The minimum Gasteiger partial charge on any atom is -0.352 e. The van der Waals surface area contributed by atoms with Crippen molar-refractivity contribution in [1.29, 1.82) is 0 Å². The molecule has 314 valence electrons. The number of imidazole rings is 1. The summed E-state index contributed by atoms with van der Waals surface area (Å²) < 4.78 is 31.6. The second-order valence-electron chi connectivity index (χ2n) is 17.0. The van der Waals surface area contributed by atoms with E-state index in [2.05, 4.69) is 26.3 Å². The quantitative estimate of drug-likeness (QED) is 0.125. The van der Waals surface area contributed by atoms with Crippen molar-refractivity contribution < 1.29 is 28.0 Å². The van der Waals surface area contributed by atoms with E-state index in [4.69, 9.17) is 4.98 Å². The Labute approximate surface area is 339 Å². The van der Waals surface area contributed by atoms with Crippen molar-refractivity contribution in [3.63, 3.8) is 0 Å². The summed E-state index contributed by atoms with van der Waals surface area (Å²) in [6.07, 6.45) is 3.84. The number of H-pyrrole nitrogens is 1. The molecule has 0 bridgehead atoms. The summed E-state index contributed by atoms with van der Waals surface area (Å²) >= 11 is 0. The SMILES string of the molecule is CCC(NC(=O)C(C)NC)C(=O)N1CCCC1Cc1c(-c2nc3cc(F)ccc3n2CC2CCCN2C(=O)C(NC(=O)C(C)NC)C(C)(C)C)[nH]c2cc(F)ccc12. The van der Waals surface area contributed by atoms with Crippen molar-refractivity contribution in [2.75, 3.05) is 27.2 Å². The molecule has 0 aliphatic carbocycles. The van der Waals surface area contributed by atoms with Gasteiger partial charge in [-0.05, 0) is 108 Å². The van der Waals surface area contributed by atoms with Gasteiger partial charge in [-0.3, -0.25) is 19.2 Å². The lowest BCUT2D eigenvalue weighted by Gasteiger charge is -2.36. The summed E-state index contributed by atoms with van der Waals surface area (Å²) in [6, 6.07) is 6.16. The van der Waals surface area contributed by atoms with Gasteiger partial charge in [0.25, 0.3) is 0 Å². The lowest BCUT2D eigenvalue weighted by Crippen LogP contribution is -2.58. The number of likely N-dealkylation sites (N-methyl/N-ethyl adjacent to an activating group) is 2. The number of fused-ring (bicyclic) bond motifs is 2. The third-order valence-electron chi connectivity index (χ3n) is 12.0. The van der Waals surface area contributed by atoms with E-state index in [1.54, 1.807) is 40.1 Å². The van der Waals surface area contributed by atoms with Gasteiger partial charge in [-0.15, -0.1) is 0 Å². The van der Waals surface area contributed by atoms with Gasteiger partial charge in [-0.25, -0.2) is 13.8 Å². The minimum absolute atomic E-state index is 0.145. The van der Waals surface area contributed by atoms with Gasteiger partial charge in [-0.1, -0.05) is 27.7 Å². The second-order valence-corrected chi connectivity index (χ2v) is 17.0. The highest BCUT2D eigenvalue weighted by Gasteiger charge is 2.41. The molecule has 4 aromatic rings. The highest BCUT2D eigenvalue weighted by molar-refractivity contribution is 5.93. The first-order valence-electron chi connectivity index (χ1n) is 20.6. The first-order chi connectivity index (χ1) is 27.6. The van der Waals surface area contributed by atoms with Crippen molar-refractivity contribution >= 4 is 45.6 Å².